The topological polar surface area (TPSA) is 47.5 Å². The van der Waals surface area contributed by atoms with Crippen molar-refractivity contribution in [3.05, 3.63) is 41.7 Å². The van der Waals surface area contributed by atoms with E-state index in [1.165, 1.54) is 6.07 Å². The zero-order valence-corrected chi connectivity index (χ0v) is 12.6. The Labute approximate surface area is 128 Å². The maximum atomic E-state index is 13.5. The molecule has 0 spiro atoms. The van der Waals surface area contributed by atoms with Crippen LogP contribution in [0, 0.1) is 5.82 Å². The van der Waals surface area contributed by atoms with Gasteiger partial charge in [-0.05, 0) is 30.5 Å². The molecule has 1 aliphatic heterocycles. The number of hydrogen-bond acceptors (Lipinski definition) is 5. The smallest absolute Gasteiger partial charge is 0.232 e. The highest BCUT2D eigenvalue weighted by atomic mass is 19.1. The van der Waals surface area contributed by atoms with E-state index in [2.05, 4.69) is 14.9 Å². The van der Waals surface area contributed by atoms with E-state index >= 15 is 0 Å². The maximum Gasteiger partial charge on any atom is 0.232 e. The van der Waals surface area contributed by atoms with Crippen LogP contribution in [-0.4, -0.2) is 30.7 Å². The molecule has 1 aromatic carbocycles. The maximum absolute atomic E-state index is 13.5. The van der Waals surface area contributed by atoms with Crippen molar-refractivity contribution in [1.29, 1.82) is 0 Å². The second-order valence-corrected chi connectivity index (χ2v) is 5.16. The average Bonchev–Trinajstić information content (AvgIpc) is 3.04. The zero-order chi connectivity index (χ0) is 15.5. The largest absolute Gasteiger partial charge is 0.481 e. The molecule has 3 rings (SSSR count). The van der Waals surface area contributed by atoms with Gasteiger partial charge in [-0.1, -0.05) is 12.1 Å². The third kappa shape index (κ3) is 2.81. The molecule has 0 N–H and O–H groups in total. The van der Waals surface area contributed by atoms with Gasteiger partial charge in [-0.25, -0.2) is 4.39 Å². The lowest BCUT2D eigenvalue weighted by Gasteiger charge is -2.25. The number of nitrogens with zero attached hydrogens (tertiary/aromatic N) is 3. The number of rotatable bonds is 4. The Morgan fingerprint density at radius 1 is 1.14 bits per heavy atom. The fraction of sp³-hybridized carbons (Fsp3) is 0.375. The molecule has 6 heteroatoms. The van der Waals surface area contributed by atoms with Crippen molar-refractivity contribution in [2.45, 2.75) is 18.9 Å². The zero-order valence-electron chi connectivity index (χ0n) is 12.6. The number of hydrogen-bond donors (Lipinski definition) is 0. The third-order valence-corrected chi connectivity index (χ3v) is 3.83. The van der Waals surface area contributed by atoms with Gasteiger partial charge in [0, 0.05) is 6.54 Å². The summed E-state index contributed by atoms with van der Waals surface area (Å²) in [5.41, 5.74) is 0.933. The summed E-state index contributed by atoms with van der Waals surface area (Å²) < 4.78 is 23.9. The summed E-state index contributed by atoms with van der Waals surface area (Å²) in [5.74, 6) is 1.22. The van der Waals surface area contributed by atoms with E-state index in [1.807, 2.05) is 6.07 Å². The minimum Gasteiger partial charge on any atom is -0.481 e. The van der Waals surface area contributed by atoms with Crippen molar-refractivity contribution in [3.63, 3.8) is 0 Å². The molecule has 1 atom stereocenters. The highest BCUT2D eigenvalue weighted by molar-refractivity contribution is 5.42. The highest BCUT2D eigenvalue weighted by Crippen LogP contribution is 2.35. The van der Waals surface area contributed by atoms with Gasteiger partial charge in [0.1, 0.15) is 5.82 Å². The van der Waals surface area contributed by atoms with Gasteiger partial charge in [0.25, 0.3) is 0 Å². The van der Waals surface area contributed by atoms with E-state index in [1.54, 1.807) is 32.4 Å². The SMILES string of the molecule is COc1cc(OC)nc(N2CCCC2c2cccc(F)c2)n1. The fourth-order valence-electron chi connectivity index (χ4n) is 2.80. The van der Waals surface area contributed by atoms with Gasteiger partial charge in [-0.2, -0.15) is 9.97 Å². The van der Waals surface area contributed by atoms with Gasteiger partial charge in [-0.3, -0.25) is 0 Å². The summed E-state index contributed by atoms with van der Waals surface area (Å²) in [6, 6.07) is 8.38. The van der Waals surface area contributed by atoms with E-state index in [0.29, 0.717) is 17.7 Å². The van der Waals surface area contributed by atoms with Gasteiger partial charge in [0.05, 0.1) is 26.3 Å². The number of ether oxygens (including phenoxy) is 2. The molecule has 2 aromatic rings. The van der Waals surface area contributed by atoms with Crippen LogP contribution in [0.2, 0.25) is 0 Å². The van der Waals surface area contributed by atoms with E-state index in [0.717, 1.165) is 24.9 Å². The van der Waals surface area contributed by atoms with Crippen LogP contribution in [0.1, 0.15) is 24.4 Å². The summed E-state index contributed by atoms with van der Waals surface area (Å²) in [6.07, 6.45) is 1.94. The molecule has 1 saturated heterocycles. The van der Waals surface area contributed by atoms with Crippen LogP contribution < -0.4 is 14.4 Å². The Bertz CT molecular complexity index is 643. The monoisotopic (exact) mass is 303 g/mol. The first-order chi connectivity index (χ1) is 10.7. The number of anilines is 1. The molecule has 0 aliphatic carbocycles. The second-order valence-electron chi connectivity index (χ2n) is 5.16. The van der Waals surface area contributed by atoms with Crippen LogP contribution in [-0.2, 0) is 0 Å². The van der Waals surface area contributed by atoms with Crippen molar-refractivity contribution >= 4 is 5.95 Å². The van der Waals surface area contributed by atoms with Crippen LogP contribution in [0.3, 0.4) is 0 Å². The highest BCUT2D eigenvalue weighted by Gasteiger charge is 2.29. The van der Waals surface area contributed by atoms with Crippen molar-refractivity contribution in [1.82, 2.24) is 9.97 Å². The molecule has 22 heavy (non-hydrogen) atoms. The van der Waals surface area contributed by atoms with Gasteiger partial charge in [0.2, 0.25) is 17.7 Å². The van der Waals surface area contributed by atoms with E-state index in [9.17, 15) is 4.39 Å². The first-order valence-corrected chi connectivity index (χ1v) is 7.20. The molecule has 1 fully saturated rings. The number of aromatic nitrogens is 2. The predicted octanol–water partition coefficient (Wildman–Crippen LogP) is 2.97. The van der Waals surface area contributed by atoms with Crippen molar-refractivity contribution in [3.8, 4) is 11.8 Å². The Balaban J connectivity index is 1.96. The molecule has 5 nitrogen and oxygen atoms in total. The molecule has 1 unspecified atom stereocenters. The molecule has 0 amide bonds. The number of halogens is 1. The van der Waals surface area contributed by atoms with E-state index < -0.39 is 0 Å². The summed E-state index contributed by atoms with van der Waals surface area (Å²) in [6.45, 7) is 0.817. The first kappa shape index (κ1) is 14.6. The van der Waals surface area contributed by atoms with Crippen LogP contribution >= 0.6 is 0 Å². The third-order valence-electron chi connectivity index (χ3n) is 3.83. The van der Waals surface area contributed by atoms with Crippen LogP contribution in [0.5, 0.6) is 11.8 Å². The van der Waals surface area contributed by atoms with E-state index in [4.69, 9.17) is 9.47 Å². The number of benzene rings is 1. The summed E-state index contributed by atoms with van der Waals surface area (Å²) in [5, 5.41) is 0. The minimum absolute atomic E-state index is 0.0625. The predicted molar refractivity (Wildman–Crippen MR) is 80.9 cm³/mol. The van der Waals surface area contributed by atoms with Crippen molar-refractivity contribution < 1.29 is 13.9 Å². The Kier molecular flexibility index (Phi) is 4.09. The lowest BCUT2D eigenvalue weighted by molar-refractivity contribution is 0.371. The lowest BCUT2D eigenvalue weighted by Crippen LogP contribution is -2.25. The lowest BCUT2D eigenvalue weighted by atomic mass is 10.0. The fourth-order valence-corrected chi connectivity index (χ4v) is 2.80. The molecule has 2 heterocycles. The standard InChI is InChI=1S/C16H18FN3O2/c1-21-14-10-15(22-2)19-16(18-14)20-8-4-7-13(20)11-5-3-6-12(17)9-11/h3,5-6,9-10,13H,4,7-8H2,1-2H3. The van der Waals surface area contributed by atoms with Crippen molar-refractivity contribution in [2.24, 2.45) is 0 Å². The number of methoxy groups -OCH3 is 2. The van der Waals surface area contributed by atoms with Gasteiger partial charge in [0.15, 0.2) is 0 Å². The molecule has 0 bridgehead atoms. The van der Waals surface area contributed by atoms with Gasteiger partial charge < -0.3 is 14.4 Å². The van der Waals surface area contributed by atoms with E-state index in [-0.39, 0.29) is 11.9 Å². The van der Waals surface area contributed by atoms with Crippen LogP contribution in [0.15, 0.2) is 30.3 Å². The Hall–Kier alpha value is -2.37. The Morgan fingerprint density at radius 3 is 2.50 bits per heavy atom. The first-order valence-electron chi connectivity index (χ1n) is 7.20. The summed E-state index contributed by atoms with van der Waals surface area (Å²) in [7, 11) is 3.11. The average molecular weight is 303 g/mol. The molecule has 1 aromatic heterocycles. The second kappa shape index (κ2) is 6.17. The normalized spacial score (nSPS) is 17.6. The minimum atomic E-state index is -0.228. The van der Waals surface area contributed by atoms with Gasteiger partial charge in [-0.15, -0.1) is 0 Å². The molecular formula is C16H18FN3O2. The van der Waals surface area contributed by atoms with Crippen LogP contribution in [0.4, 0.5) is 10.3 Å². The molecule has 116 valence electrons. The quantitative estimate of drug-likeness (QED) is 0.869. The molecular weight excluding hydrogens is 285 g/mol. The summed E-state index contributed by atoms with van der Waals surface area (Å²) in [4.78, 5) is 10.9. The summed E-state index contributed by atoms with van der Waals surface area (Å²) >= 11 is 0. The van der Waals surface area contributed by atoms with Crippen molar-refractivity contribution in [2.75, 3.05) is 25.7 Å². The molecule has 0 radical (unpaired) electrons. The van der Waals surface area contributed by atoms with Gasteiger partial charge >= 0.3 is 0 Å². The Morgan fingerprint density at radius 2 is 1.86 bits per heavy atom. The molecule has 0 saturated carbocycles. The molecule has 1 aliphatic rings. The van der Waals surface area contributed by atoms with Crippen LogP contribution in [0.25, 0.3) is 0 Å².